The fourth-order valence-corrected chi connectivity index (χ4v) is 1.97. The SMILES string of the molecule is NC(=S)c1nccnc1OCc1cccc(Br)c1. The molecular weight excluding hydrogens is 314 g/mol. The Morgan fingerprint density at radius 1 is 1.33 bits per heavy atom. The third-order valence-corrected chi connectivity index (χ3v) is 2.85. The molecule has 0 atom stereocenters. The average molecular weight is 324 g/mol. The van der Waals surface area contributed by atoms with Crippen LogP contribution in [0, 0.1) is 0 Å². The first-order valence-corrected chi connectivity index (χ1v) is 6.35. The molecule has 0 saturated carbocycles. The summed E-state index contributed by atoms with van der Waals surface area (Å²) in [6.45, 7) is 0.383. The fourth-order valence-electron chi connectivity index (χ4n) is 1.38. The molecule has 1 aromatic carbocycles. The monoisotopic (exact) mass is 323 g/mol. The van der Waals surface area contributed by atoms with Crippen molar-refractivity contribution >= 4 is 33.1 Å². The lowest BCUT2D eigenvalue weighted by Crippen LogP contribution is -2.14. The number of thiocarbonyl (C=S) groups is 1. The van der Waals surface area contributed by atoms with Gasteiger partial charge in [-0.2, -0.15) is 0 Å². The zero-order chi connectivity index (χ0) is 13.0. The average Bonchev–Trinajstić information content (AvgIpc) is 2.37. The number of ether oxygens (including phenoxy) is 1. The van der Waals surface area contributed by atoms with Crippen LogP contribution in [0.2, 0.25) is 0 Å². The van der Waals surface area contributed by atoms with Crippen molar-refractivity contribution in [1.82, 2.24) is 9.97 Å². The van der Waals surface area contributed by atoms with E-state index in [2.05, 4.69) is 25.9 Å². The molecule has 2 N–H and O–H groups in total. The van der Waals surface area contributed by atoms with E-state index < -0.39 is 0 Å². The molecule has 0 aliphatic rings. The lowest BCUT2D eigenvalue weighted by atomic mass is 10.2. The number of nitrogens with zero attached hydrogens (tertiary/aromatic N) is 2. The number of nitrogens with two attached hydrogens (primary N) is 1. The van der Waals surface area contributed by atoms with E-state index in [1.54, 1.807) is 0 Å². The molecule has 4 nitrogen and oxygen atoms in total. The normalized spacial score (nSPS) is 10.1. The molecule has 18 heavy (non-hydrogen) atoms. The summed E-state index contributed by atoms with van der Waals surface area (Å²) in [5.41, 5.74) is 6.97. The van der Waals surface area contributed by atoms with Crippen LogP contribution in [0.3, 0.4) is 0 Å². The number of hydrogen-bond acceptors (Lipinski definition) is 4. The molecule has 0 amide bonds. The smallest absolute Gasteiger partial charge is 0.243 e. The molecule has 0 aliphatic heterocycles. The fraction of sp³-hybridized carbons (Fsp3) is 0.0833. The molecule has 1 aromatic heterocycles. The largest absolute Gasteiger partial charge is 0.471 e. The Labute approximate surface area is 118 Å². The van der Waals surface area contributed by atoms with Crippen LogP contribution in [0.4, 0.5) is 0 Å². The molecule has 0 bridgehead atoms. The van der Waals surface area contributed by atoms with Crippen LogP contribution in [-0.4, -0.2) is 15.0 Å². The molecule has 92 valence electrons. The molecule has 0 unspecified atom stereocenters. The minimum absolute atomic E-state index is 0.173. The number of benzene rings is 1. The van der Waals surface area contributed by atoms with Crippen LogP contribution in [0.5, 0.6) is 5.88 Å². The zero-order valence-electron chi connectivity index (χ0n) is 9.34. The van der Waals surface area contributed by atoms with Crippen molar-refractivity contribution in [1.29, 1.82) is 0 Å². The highest BCUT2D eigenvalue weighted by Crippen LogP contribution is 2.16. The third kappa shape index (κ3) is 3.24. The second-order valence-electron chi connectivity index (χ2n) is 3.49. The quantitative estimate of drug-likeness (QED) is 0.876. The Kier molecular flexibility index (Phi) is 4.22. The van der Waals surface area contributed by atoms with Crippen molar-refractivity contribution in [2.75, 3.05) is 0 Å². The Bertz CT molecular complexity index is 577. The van der Waals surface area contributed by atoms with Gasteiger partial charge in [0.15, 0.2) is 5.69 Å². The highest BCUT2D eigenvalue weighted by atomic mass is 79.9. The van der Waals surface area contributed by atoms with Crippen LogP contribution in [0.15, 0.2) is 41.1 Å². The maximum atomic E-state index is 5.58. The van der Waals surface area contributed by atoms with E-state index in [4.69, 9.17) is 22.7 Å². The number of rotatable bonds is 4. The molecule has 6 heteroatoms. The van der Waals surface area contributed by atoms with Gasteiger partial charge in [0.05, 0.1) is 0 Å². The van der Waals surface area contributed by atoms with Gasteiger partial charge in [0, 0.05) is 16.9 Å². The van der Waals surface area contributed by atoms with Crippen LogP contribution in [0.1, 0.15) is 11.3 Å². The van der Waals surface area contributed by atoms with Gasteiger partial charge in [-0.25, -0.2) is 9.97 Å². The van der Waals surface area contributed by atoms with Crippen LogP contribution >= 0.6 is 28.1 Å². The summed E-state index contributed by atoms with van der Waals surface area (Å²) in [5.74, 6) is 0.352. The van der Waals surface area contributed by atoms with Crippen molar-refractivity contribution < 1.29 is 4.74 Å². The summed E-state index contributed by atoms with van der Waals surface area (Å²) in [6.07, 6.45) is 3.07. The molecule has 0 saturated heterocycles. The van der Waals surface area contributed by atoms with Gasteiger partial charge in [-0.3, -0.25) is 0 Å². The van der Waals surface area contributed by atoms with Crippen LogP contribution < -0.4 is 10.5 Å². The summed E-state index contributed by atoms with van der Waals surface area (Å²) < 4.78 is 6.58. The molecule has 0 spiro atoms. The summed E-state index contributed by atoms with van der Waals surface area (Å²) in [4.78, 5) is 8.29. The highest BCUT2D eigenvalue weighted by molar-refractivity contribution is 9.10. The van der Waals surface area contributed by atoms with Gasteiger partial charge in [0.1, 0.15) is 11.6 Å². The van der Waals surface area contributed by atoms with Gasteiger partial charge in [0.2, 0.25) is 5.88 Å². The van der Waals surface area contributed by atoms with Crippen LogP contribution in [-0.2, 0) is 6.61 Å². The molecule has 0 aliphatic carbocycles. The van der Waals surface area contributed by atoms with Gasteiger partial charge < -0.3 is 10.5 Å². The third-order valence-electron chi connectivity index (χ3n) is 2.16. The number of halogens is 1. The summed E-state index contributed by atoms with van der Waals surface area (Å²) in [6, 6.07) is 7.82. The predicted molar refractivity (Wildman–Crippen MR) is 76.4 cm³/mol. The van der Waals surface area contributed by atoms with Gasteiger partial charge in [-0.05, 0) is 17.7 Å². The van der Waals surface area contributed by atoms with E-state index in [-0.39, 0.29) is 4.99 Å². The lowest BCUT2D eigenvalue weighted by Gasteiger charge is -2.08. The number of aromatic nitrogens is 2. The standard InChI is InChI=1S/C12H10BrN3OS/c13-9-3-1-2-8(6-9)7-17-12-10(11(14)18)15-4-5-16-12/h1-6H,7H2,(H2,14,18). The predicted octanol–water partition coefficient (Wildman–Crippen LogP) is 2.45. The van der Waals surface area contributed by atoms with E-state index in [0.29, 0.717) is 18.2 Å². The first kappa shape index (κ1) is 12.9. The lowest BCUT2D eigenvalue weighted by molar-refractivity contribution is 0.291. The second kappa shape index (κ2) is 5.88. The Morgan fingerprint density at radius 2 is 2.11 bits per heavy atom. The summed E-state index contributed by atoms with van der Waals surface area (Å²) in [5, 5.41) is 0. The van der Waals surface area contributed by atoms with Crippen molar-refractivity contribution in [3.05, 3.63) is 52.4 Å². The van der Waals surface area contributed by atoms with E-state index in [0.717, 1.165) is 10.0 Å². The topological polar surface area (TPSA) is 61.0 Å². The molecule has 2 rings (SSSR count). The minimum Gasteiger partial charge on any atom is -0.471 e. The Balaban J connectivity index is 2.13. The van der Waals surface area contributed by atoms with Crippen molar-refractivity contribution in [3.8, 4) is 5.88 Å². The minimum atomic E-state index is 0.173. The highest BCUT2D eigenvalue weighted by Gasteiger charge is 2.09. The van der Waals surface area contributed by atoms with Gasteiger partial charge in [0.25, 0.3) is 0 Å². The molecule has 0 radical (unpaired) electrons. The molecule has 1 heterocycles. The van der Waals surface area contributed by atoms with Crippen molar-refractivity contribution in [2.24, 2.45) is 5.73 Å². The van der Waals surface area contributed by atoms with E-state index >= 15 is 0 Å². The van der Waals surface area contributed by atoms with E-state index in [9.17, 15) is 0 Å². The Hall–Kier alpha value is -1.53. The van der Waals surface area contributed by atoms with Gasteiger partial charge in [-0.1, -0.05) is 40.3 Å². The van der Waals surface area contributed by atoms with Gasteiger partial charge >= 0.3 is 0 Å². The summed E-state index contributed by atoms with van der Waals surface area (Å²) >= 11 is 8.29. The summed E-state index contributed by atoms with van der Waals surface area (Å²) in [7, 11) is 0. The van der Waals surface area contributed by atoms with Crippen molar-refractivity contribution in [2.45, 2.75) is 6.61 Å². The first-order chi connectivity index (χ1) is 8.66. The van der Waals surface area contributed by atoms with Gasteiger partial charge in [-0.15, -0.1) is 0 Å². The molecular formula is C12H10BrN3OS. The molecule has 2 aromatic rings. The van der Waals surface area contributed by atoms with E-state index in [1.165, 1.54) is 12.4 Å². The second-order valence-corrected chi connectivity index (χ2v) is 4.85. The number of hydrogen-bond donors (Lipinski definition) is 1. The first-order valence-electron chi connectivity index (χ1n) is 5.15. The zero-order valence-corrected chi connectivity index (χ0v) is 11.7. The van der Waals surface area contributed by atoms with Crippen LogP contribution in [0.25, 0.3) is 0 Å². The maximum Gasteiger partial charge on any atom is 0.243 e. The Morgan fingerprint density at radius 3 is 2.83 bits per heavy atom. The van der Waals surface area contributed by atoms with E-state index in [1.807, 2.05) is 24.3 Å². The van der Waals surface area contributed by atoms with Crippen molar-refractivity contribution in [3.63, 3.8) is 0 Å². The molecule has 0 fully saturated rings. The maximum absolute atomic E-state index is 5.58.